The SMILES string of the molecule is COc1ccc(C(=O)c2sccc2OC2OC(COC(C)=O)C(OC(C)=O)C(OC(C)=O)C2OC(C)=O)cc1.COc1ccc(Cc2sccc2OC2OC(CO)C(O)C(O)C2O)cc1. The number of esters is 4. The molecule has 0 spiro atoms. The van der Waals surface area contributed by atoms with E-state index in [2.05, 4.69) is 0 Å². The quantitative estimate of drug-likeness (QED) is 0.0715. The molecular weight excluding hydrogens is 897 g/mol. The van der Waals surface area contributed by atoms with Gasteiger partial charge < -0.3 is 67.8 Å². The molecule has 2 aliphatic heterocycles. The minimum atomic E-state index is -1.46. The number of ketones is 1. The minimum absolute atomic E-state index is 0.0988. The minimum Gasteiger partial charge on any atom is -0.497 e. The number of hydrogen-bond acceptors (Lipinski definition) is 21. The molecule has 352 valence electrons. The van der Waals surface area contributed by atoms with Gasteiger partial charge in [0.15, 0.2) is 12.2 Å². The highest BCUT2D eigenvalue weighted by Crippen LogP contribution is 2.35. The Hall–Kier alpha value is -5.65. The Morgan fingerprint density at radius 1 is 0.600 bits per heavy atom. The first-order chi connectivity index (χ1) is 31.0. The number of benzene rings is 2. The topological polar surface area (TPSA) is 259 Å². The van der Waals surface area contributed by atoms with E-state index in [1.54, 1.807) is 42.8 Å². The molecule has 2 fully saturated rings. The first-order valence-corrected chi connectivity index (χ1v) is 21.7. The lowest BCUT2D eigenvalue weighted by atomic mass is 9.98. The predicted octanol–water partition coefficient (Wildman–Crippen LogP) is 2.98. The van der Waals surface area contributed by atoms with Crippen LogP contribution >= 0.6 is 22.7 Å². The molecule has 4 aromatic rings. The molecule has 2 aromatic heterocycles. The molecule has 21 heteroatoms. The number of carbonyl (C=O) groups is 5. The number of aliphatic hydroxyl groups is 4. The zero-order valence-corrected chi connectivity index (χ0v) is 37.7. The van der Waals surface area contributed by atoms with Crippen LogP contribution in [-0.4, -0.2) is 139 Å². The van der Waals surface area contributed by atoms with Crippen LogP contribution in [0.2, 0.25) is 0 Å². The van der Waals surface area contributed by atoms with E-state index in [1.165, 1.54) is 31.4 Å². The molecule has 4 N–H and O–H groups in total. The van der Waals surface area contributed by atoms with Gasteiger partial charge in [0.2, 0.25) is 24.5 Å². The second-order valence-corrected chi connectivity index (χ2v) is 16.3. The molecule has 2 aromatic carbocycles. The van der Waals surface area contributed by atoms with Crippen molar-refractivity contribution in [3.8, 4) is 23.0 Å². The van der Waals surface area contributed by atoms with E-state index in [4.69, 9.17) is 47.4 Å². The van der Waals surface area contributed by atoms with Crippen LogP contribution in [-0.2, 0) is 54.0 Å². The van der Waals surface area contributed by atoms with E-state index in [0.717, 1.165) is 48.3 Å². The number of thiophene rings is 2. The highest BCUT2D eigenvalue weighted by atomic mass is 32.1. The Morgan fingerprint density at radius 3 is 1.72 bits per heavy atom. The smallest absolute Gasteiger partial charge is 0.303 e. The maximum Gasteiger partial charge on any atom is 0.303 e. The van der Waals surface area contributed by atoms with Crippen molar-refractivity contribution in [1.29, 1.82) is 0 Å². The third kappa shape index (κ3) is 13.5. The second kappa shape index (κ2) is 23.5. The molecule has 65 heavy (non-hydrogen) atoms. The van der Waals surface area contributed by atoms with Gasteiger partial charge >= 0.3 is 23.9 Å². The normalized spacial score (nSPS) is 24.8. The summed E-state index contributed by atoms with van der Waals surface area (Å²) < 4.78 is 54.6. The van der Waals surface area contributed by atoms with E-state index in [0.29, 0.717) is 23.5 Å². The molecule has 0 bridgehead atoms. The summed E-state index contributed by atoms with van der Waals surface area (Å²) in [6.45, 7) is 3.64. The first-order valence-electron chi connectivity index (χ1n) is 19.9. The van der Waals surface area contributed by atoms with Crippen molar-refractivity contribution >= 4 is 52.3 Å². The monoisotopic (exact) mass is 946 g/mol. The van der Waals surface area contributed by atoms with Crippen molar-refractivity contribution in [3.05, 3.63) is 92.3 Å². The Balaban J connectivity index is 0.000000264. The number of hydrogen-bond donors (Lipinski definition) is 4. The van der Waals surface area contributed by atoms with Crippen LogP contribution in [0, 0.1) is 0 Å². The van der Waals surface area contributed by atoms with E-state index in [9.17, 15) is 44.4 Å². The Bertz CT molecular complexity index is 2200. The third-order valence-electron chi connectivity index (χ3n) is 9.70. The molecule has 0 aliphatic carbocycles. The van der Waals surface area contributed by atoms with E-state index < -0.39 is 98.5 Å². The van der Waals surface area contributed by atoms with Gasteiger partial charge in [-0.05, 0) is 64.9 Å². The predicted molar refractivity (Wildman–Crippen MR) is 228 cm³/mol. The number of carbonyl (C=O) groups excluding carboxylic acids is 5. The highest BCUT2D eigenvalue weighted by molar-refractivity contribution is 7.12. The fourth-order valence-electron chi connectivity index (χ4n) is 6.62. The summed E-state index contributed by atoms with van der Waals surface area (Å²) in [5.74, 6) is -1.32. The lowest BCUT2D eigenvalue weighted by Gasteiger charge is -2.43. The van der Waals surface area contributed by atoms with Crippen molar-refractivity contribution < 1.29 is 91.8 Å². The van der Waals surface area contributed by atoms with Crippen molar-refractivity contribution in [2.24, 2.45) is 0 Å². The van der Waals surface area contributed by atoms with Crippen LogP contribution in [0.15, 0.2) is 71.4 Å². The molecule has 10 atom stereocenters. The molecule has 0 saturated carbocycles. The molecular formula is C44H50O19S2. The number of ether oxygens (including phenoxy) is 10. The molecule has 4 heterocycles. The van der Waals surface area contributed by atoms with Gasteiger partial charge in [0.05, 0.1) is 25.7 Å². The molecule has 2 saturated heterocycles. The second-order valence-electron chi connectivity index (χ2n) is 14.4. The van der Waals surface area contributed by atoms with Gasteiger partial charge in [-0.1, -0.05) is 12.1 Å². The van der Waals surface area contributed by atoms with Crippen molar-refractivity contribution in [2.75, 3.05) is 27.4 Å². The van der Waals surface area contributed by atoms with Gasteiger partial charge in [-0.15, -0.1) is 22.7 Å². The summed E-state index contributed by atoms with van der Waals surface area (Å²) in [7, 11) is 3.12. The average molecular weight is 947 g/mol. The summed E-state index contributed by atoms with van der Waals surface area (Å²) >= 11 is 2.61. The summed E-state index contributed by atoms with van der Waals surface area (Å²) in [5, 5.41) is 42.6. The number of rotatable bonds is 16. The van der Waals surface area contributed by atoms with Crippen LogP contribution in [0.1, 0.15) is 53.4 Å². The molecule has 6 rings (SSSR count). The number of aliphatic hydroxyl groups excluding tert-OH is 4. The van der Waals surface area contributed by atoms with Gasteiger partial charge in [0.25, 0.3) is 0 Å². The van der Waals surface area contributed by atoms with Crippen molar-refractivity contribution in [1.82, 2.24) is 0 Å². The number of methoxy groups -OCH3 is 2. The summed E-state index contributed by atoms with van der Waals surface area (Å²) in [4.78, 5) is 61.8. The lowest BCUT2D eigenvalue weighted by Crippen LogP contribution is -2.63. The molecule has 0 amide bonds. The van der Waals surface area contributed by atoms with Gasteiger partial charge in [-0.2, -0.15) is 0 Å². The van der Waals surface area contributed by atoms with Crippen molar-refractivity contribution in [3.63, 3.8) is 0 Å². The maximum absolute atomic E-state index is 13.2. The van der Waals surface area contributed by atoms with E-state index in [1.807, 2.05) is 29.6 Å². The Labute approximate surface area is 381 Å². The molecule has 19 nitrogen and oxygen atoms in total. The zero-order valence-electron chi connectivity index (χ0n) is 36.1. The average Bonchev–Trinajstić information content (AvgIpc) is 3.94. The van der Waals surface area contributed by atoms with Crippen LogP contribution < -0.4 is 18.9 Å². The zero-order chi connectivity index (χ0) is 47.4. The summed E-state index contributed by atoms with van der Waals surface area (Å²) in [5.41, 5.74) is 1.43. The standard InChI is InChI=1S/C26H28O12S.C18H22O7S/c1-13(27)33-12-20-22(34-14(2)28)23(35-15(3)29)24(36-16(4)30)26(38-20)37-19-10-11-39-25(19)21(31)17-6-8-18(32-5)9-7-17;1-23-11-4-2-10(3-5-11)8-14-12(6-7-26-14)24-18-17(22)16(21)15(20)13(9-19)25-18/h6-11,20,22-24,26H,12H2,1-5H3;2-7,13,15-22H,8-9H2,1H3. The molecule has 2 aliphatic rings. The van der Waals surface area contributed by atoms with Gasteiger partial charge in [-0.3, -0.25) is 24.0 Å². The van der Waals surface area contributed by atoms with Gasteiger partial charge in [-0.25, -0.2) is 0 Å². The van der Waals surface area contributed by atoms with Crippen LogP contribution in [0.25, 0.3) is 0 Å². The molecule has 10 unspecified atom stereocenters. The molecule has 0 radical (unpaired) electrons. The highest BCUT2D eigenvalue weighted by Gasteiger charge is 2.53. The van der Waals surface area contributed by atoms with Crippen molar-refractivity contribution in [2.45, 2.75) is 95.5 Å². The Kier molecular flexibility index (Phi) is 18.2. The Morgan fingerprint density at radius 2 is 1.14 bits per heavy atom. The fraction of sp³-hybridized carbons (Fsp3) is 0.432. The van der Waals surface area contributed by atoms with Gasteiger partial charge in [0.1, 0.15) is 65.0 Å². The van der Waals surface area contributed by atoms with Gasteiger partial charge in [0, 0.05) is 39.7 Å². The summed E-state index contributed by atoms with van der Waals surface area (Å²) in [6.07, 6.45) is -12.6. The lowest BCUT2D eigenvalue weighted by molar-refractivity contribution is -0.288. The fourth-order valence-corrected chi connectivity index (χ4v) is 8.24. The van der Waals surface area contributed by atoms with E-state index in [-0.39, 0.29) is 16.4 Å². The first kappa shape index (κ1) is 50.4. The van der Waals surface area contributed by atoms with Crippen LogP contribution in [0.4, 0.5) is 0 Å². The maximum atomic E-state index is 13.2. The van der Waals surface area contributed by atoms with Crippen LogP contribution in [0.3, 0.4) is 0 Å². The largest absolute Gasteiger partial charge is 0.497 e. The summed E-state index contributed by atoms with van der Waals surface area (Å²) in [6, 6.07) is 17.4. The van der Waals surface area contributed by atoms with Crippen LogP contribution in [0.5, 0.6) is 23.0 Å². The van der Waals surface area contributed by atoms with E-state index >= 15 is 0 Å². The third-order valence-corrected chi connectivity index (χ3v) is 11.5.